The summed E-state index contributed by atoms with van der Waals surface area (Å²) in [6.45, 7) is 10.4. The Hall–Kier alpha value is -0.820. The van der Waals surface area contributed by atoms with Crippen molar-refractivity contribution in [1.29, 1.82) is 0 Å². The summed E-state index contributed by atoms with van der Waals surface area (Å²) in [4.78, 5) is 2.57. The van der Waals surface area contributed by atoms with Gasteiger partial charge in [0, 0.05) is 13.1 Å². The molecule has 0 fully saturated rings. The minimum atomic E-state index is 0.648. The first-order valence-electron chi connectivity index (χ1n) is 6.54. The van der Waals surface area contributed by atoms with E-state index in [4.69, 9.17) is 0 Å². The molecule has 0 saturated heterocycles. The average molecular weight is 217 g/mol. The van der Waals surface area contributed by atoms with Crippen LogP contribution in [-0.2, 0) is 13.1 Å². The highest BCUT2D eigenvalue weighted by molar-refractivity contribution is 5.35. The fraction of sp³-hybridized carbons (Fsp3) is 0.600. The topological polar surface area (TPSA) is 3.24 Å². The maximum absolute atomic E-state index is 2.57. The summed E-state index contributed by atoms with van der Waals surface area (Å²) < 4.78 is 0. The molecule has 0 spiro atoms. The molecule has 1 aromatic rings. The molecule has 88 valence electrons. The molecule has 16 heavy (non-hydrogen) atoms. The molecular weight excluding hydrogens is 194 g/mol. The van der Waals surface area contributed by atoms with E-state index in [1.54, 1.807) is 11.1 Å². The summed E-state index contributed by atoms with van der Waals surface area (Å²) in [6.07, 6.45) is 2.62. The van der Waals surface area contributed by atoms with E-state index in [1.165, 1.54) is 24.9 Å². The van der Waals surface area contributed by atoms with Crippen LogP contribution in [0.4, 0.5) is 0 Å². The maximum atomic E-state index is 2.57. The van der Waals surface area contributed by atoms with Crippen molar-refractivity contribution in [2.45, 2.75) is 52.6 Å². The second kappa shape index (κ2) is 5.01. The molecule has 1 aliphatic heterocycles. The third-order valence-electron chi connectivity index (χ3n) is 3.51. The van der Waals surface area contributed by atoms with E-state index in [2.05, 4.69) is 43.9 Å². The predicted octanol–water partition coefficient (Wildman–Crippen LogP) is 3.93. The lowest BCUT2D eigenvalue weighted by Gasteiger charge is -2.13. The Kier molecular flexibility index (Phi) is 3.65. The fourth-order valence-corrected chi connectivity index (χ4v) is 2.38. The van der Waals surface area contributed by atoms with Crippen molar-refractivity contribution in [3.63, 3.8) is 0 Å². The molecule has 1 heterocycles. The molecule has 0 aliphatic carbocycles. The van der Waals surface area contributed by atoms with Crippen LogP contribution in [0.3, 0.4) is 0 Å². The molecule has 0 bridgehead atoms. The van der Waals surface area contributed by atoms with Gasteiger partial charge in [-0.1, -0.05) is 45.4 Å². The van der Waals surface area contributed by atoms with Gasteiger partial charge < -0.3 is 0 Å². The van der Waals surface area contributed by atoms with Gasteiger partial charge in [0.1, 0.15) is 0 Å². The lowest BCUT2D eigenvalue weighted by atomic mass is 9.99. The first-order chi connectivity index (χ1) is 7.70. The molecule has 2 rings (SSSR count). The van der Waals surface area contributed by atoms with Gasteiger partial charge in [0.25, 0.3) is 0 Å². The molecule has 0 unspecified atom stereocenters. The number of nitrogens with zero attached hydrogens (tertiary/aromatic N) is 1. The Morgan fingerprint density at radius 1 is 1.19 bits per heavy atom. The molecule has 1 nitrogen and oxygen atoms in total. The zero-order valence-corrected chi connectivity index (χ0v) is 10.8. The molecule has 0 atom stereocenters. The van der Waals surface area contributed by atoms with E-state index >= 15 is 0 Å². The number of fused-ring (bicyclic) bond motifs is 1. The highest BCUT2D eigenvalue weighted by Gasteiger charge is 2.18. The highest BCUT2D eigenvalue weighted by Crippen LogP contribution is 2.26. The monoisotopic (exact) mass is 217 g/mol. The third-order valence-corrected chi connectivity index (χ3v) is 3.51. The normalized spacial score (nSPS) is 15.8. The average Bonchev–Trinajstić information content (AvgIpc) is 2.67. The van der Waals surface area contributed by atoms with Gasteiger partial charge in [-0.05, 0) is 35.6 Å². The van der Waals surface area contributed by atoms with Crippen LogP contribution in [0.15, 0.2) is 18.2 Å². The van der Waals surface area contributed by atoms with Crippen LogP contribution in [0.1, 0.15) is 56.2 Å². The molecule has 0 amide bonds. The van der Waals surface area contributed by atoms with Crippen molar-refractivity contribution in [2.75, 3.05) is 6.54 Å². The van der Waals surface area contributed by atoms with Gasteiger partial charge in [-0.3, -0.25) is 4.90 Å². The molecule has 1 heteroatoms. The van der Waals surface area contributed by atoms with Crippen molar-refractivity contribution >= 4 is 0 Å². The second-order valence-corrected chi connectivity index (χ2v) is 5.25. The van der Waals surface area contributed by atoms with E-state index in [1.807, 2.05) is 0 Å². The fourth-order valence-electron chi connectivity index (χ4n) is 2.38. The Morgan fingerprint density at radius 3 is 2.62 bits per heavy atom. The number of hydrogen-bond donors (Lipinski definition) is 0. The minimum Gasteiger partial charge on any atom is -0.295 e. The van der Waals surface area contributed by atoms with Crippen LogP contribution in [0.2, 0.25) is 0 Å². The van der Waals surface area contributed by atoms with Crippen LogP contribution >= 0.6 is 0 Å². The Morgan fingerprint density at radius 2 is 1.94 bits per heavy atom. The summed E-state index contributed by atoms with van der Waals surface area (Å²) in [5.41, 5.74) is 4.58. The molecule has 0 saturated carbocycles. The first-order valence-corrected chi connectivity index (χ1v) is 6.54. The number of unbranched alkanes of at least 4 members (excludes halogenated alkanes) is 1. The van der Waals surface area contributed by atoms with E-state index in [9.17, 15) is 0 Å². The van der Waals surface area contributed by atoms with E-state index in [0.717, 1.165) is 13.1 Å². The van der Waals surface area contributed by atoms with Crippen molar-refractivity contribution < 1.29 is 0 Å². The largest absolute Gasteiger partial charge is 0.295 e. The Labute approximate surface area is 99.5 Å². The molecule has 0 N–H and O–H groups in total. The molecule has 1 aliphatic rings. The predicted molar refractivity (Wildman–Crippen MR) is 69.6 cm³/mol. The third kappa shape index (κ3) is 2.46. The zero-order valence-electron chi connectivity index (χ0n) is 10.8. The van der Waals surface area contributed by atoms with Gasteiger partial charge in [0.2, 0.25) is 0 Å². The summed E-state index contributed by atoms with van der Waals surface area (Å²) in [5.74, 6) is 0.648. The van der Waals surface area contributed by atoms with Crippen LogP contribution < -0.4 is 0 Å². The molecule has 0 radical (unpaired) electrons. The maximum Gasteiger partial charge on any atom is 0.0240 e. The Bertz CT molecular complexity index is 354. The van der Waals surface area contributed by atoms with E-state index in [-0.39, 0.29) is 0 Å². The lowest BCUT2D eigenvalue weighted by molar-refractivity contribution is 0.279. The zero-order chi connectivity index (χ0) is 11.5. The number of hydrogen-bond acceptors (Lipinski definition) is 1. The van der Waals surface area contributed by atoms with Crippen LogP contribution in [0.25, 0.3) is 0 Å². The number of rotatable bonds is 4. The summed E-state index contributed by atoms with van der Waals surface area (Å²) in [6, 6.07) is 7.04. The van der Waals surface area contributed by atoms with Gasteiger partial charge in [-0.25, -0.2) is 0 Å². The van der Waals surface area contributed by atoms with Crippen molar-refractivity contribution in [2.24, 2.45) is 0 Å². The molecule has 1 aromatic carbocycles. The van der Waals surface area contributed by atoms with Gasteiger partial charge in [-0.2, -0.15) is 0 Å². The van der Waals surface area contributed by atoms with Crippen molar-refractivity contribution in [1.82, 2.24) is 4.90 Å². The summed E-state index contributed by atoms with van der Waals surface area (Å²) in [5, 5.41) is 0. The lowest BCUT2D eigenvalue weighted by Crippen LogP contribution is -2.17. The van der Waals surface area contributed by atoms with Crippen LogP contribution in [0.5, 0.6) is 0 Å². The van der Waals surface area contributed by atoms with Gasteiger partial charge in [0.05, 0.1) is 0 Å². The van der Waals surface area contributed by atoms with Gasteiger partial charge >= 0.3 is 0 Å². The summed E-state index contributed by atoms with van der Waals surface area (Å²) in [7, 11) is 0. The van der Waals surface area contributed by atoms with Gasteiger partial charge in [-0.15, -0.1) is 0 Å². The van der Waals surface area contributed by atoms with Crippen molar-refractivity contribution in [3.8, 4) is 0 Å². The smallest absolute Gasteiger partial charge is 0.0240 e. The van der Waals surface area contributed by atoms with Crippen LogP contribution in [-0.4, -0.2) is 11.4 Å². The molecular formula is C15H23N. The highest BCUT2D eigenvalue weighted by atomic mass is 15.1. The quantitative estimate of drug-likeness (QED) is 0.738. The first kappa shape index (κ1) is 11.7. The SMILES string of the molecule is CCCCN1Cc2ccc(C(C)C)cc2C1. The Balaban J connectivity index is 2.06. The van der Waals surface area contributed by atoms with Crippen LogP contribution in [0, 0.1) is 0 Å². The second-order valence-electron chi connectivity index (χ2n) is 5.25. The number of benzene rings is 1. The molecule has 0 aromatic heterocycles. The van der Waals surface area contributed by atoms with Crippen molar-refractivity contribution in [3.05, 3.63) is 34.9 Å². The minimum absolute atomic E-state index is 0.648. The van der Waals surface area contributed by atoms with Gasteiger partial charge in [0.15, 0.2) is 0 Å². The van der Waals surface area contributed by atoms with E-state index < -0.39 is 0 Å². The standard InChI is InChI=1S/C15H23N/c1-4-5-8-16-10-14-7-6-13(12(2)3)9-15(14)11-16/h6-7,9,12H,4-5,8,10-11H2,1-3H3. The van der Waals surface area contributed by atoms with E-state index in [0.29, 0.717) is 5.92 Å². The summed E-state index contributed by atoms with van der Waals surface area (Å²) >= 11 is 0.